The van der Waals surface area contributed by atoms with Crippen LogP contribution in [0.4, 0.5) is 4.39 Å². The topological polar surface area (TPSA) is 46.6 Å². The summed E-state index contributed by atoms with van der Waals surface area (Å²) in [5.41, 5.74) is 3.12. The fourth-order valence-corrected chi connectivity index (χ4v) is 3.33. The second kappa shape index (κ2) is 8.62. The van der Waals surface area contributed by atoms with Gasteiger partial charge in [-0.25, -0.2) is 9.18 Å². The summed E-state index contributed by atoms with van der Waals surface area (Å²) in [5.74, 6) is -1.18. The van der Waals surface area contributed by atoms with Crippen molar-refractivity contribution in [1.82, 2.24) is 4.90 Å². The van der Waals surface area contributed by atoms with Crippen LogP contribution in [0.25, 0.3) is 6.08 Å². The van der Waals surface area contributed by atoms with Crippen LogP contribution in [0.15, 0.2) is 54.6 Å². The van der Waals surface area contributed by atoms with Crippen molar-refractivity contribution in [1.29, 1.82) is 0 Å². The molecule has 27 heavy (non-hydrogen) atoms. The molecule has 1 unspecified atom stereocenters. The smallest absolute Gasteiger partial charge is 0.331 e. The van der Waals surface area contributed by atoms with Crippen LogP contribution in [0.2, 0.25) is 0 Å². The summed E-state index contributed by atoms with van der Waals surface area (Å²) < 4.78 is 17.9. The van der Waals surface area contributed by atoms with Gasteiger partial charge in [-0.15, -0.1) is 0 Å². The Hall–Kier alpha value is -2.95. The number of amides is 1. The van der Waals surface area contributed by atoms with Crippen molar-refractivity contribution in [2.45, 2.75) is 25.3 Å². The number of likely N-dealkylation sites (N-methyl/N-ethyl adjacent to an activating group) is 1. The maximum atomic E-state index is 12.9. The van der Waals surface area contributed by atoms with Crippen LogP contribution in [-0.2, 0) is 20.7 Å². The molecule has 5 heteroatoms. The number of ether oxygens (including phenoxy) is 1. The molecule has 2 aromatic carbocycles. The predicted molar refractivity (Wildman–Crippen MR) is 101 cm³/mol. The third kappa shape index (κ3) is 4.82. The van der Waals surface area contributed by atoms with E-state index in [1.807, 2.05) is 12.1 Å². The maximum absolute atomic E-state index is 12.9. The molecule has 0 fully saturated rings. The van der Waals surface area contributed by atoms with E-state index in [0.717, 1.165) is 19.3 Å². The Morgan fingerprint density at radius 1 is 1.19 bits per heavy atom. The Morgan fingerprint density at radius 2 is 1.93 bits per heavy atom. The zero-order valence-corrected chi connectivity index (χ0v) is 15.2. The van der Waals surface area contributed by atoms with E-state index in [1.165, 1.54) is 35.4 Å². The van der Waals surface area contributed by atoms with E-state index in [-0.39, 0.29) is 24.4 Å². The van der Waals surface area contributed by atoms with E-state index >= 15 is 0 Å². The molecule has 0 saturated carbocycles. The number of fused-ring (bicyclic) bond motifs is 1. The zero-order chi connectivity index (χ0) is 19.2. The molecular weight excluding hydrogens is 345 g/mol. The van der Waals surface area contributed by atoms with E-state index in [4.69, 9.17) is 4.74 Å². The molecule has 2 aromatic rings. The van der Waals surface area contributed by atoms with Gasteiger partial charge in [0.25, 0.3) is 5.91 Å². The Kier molecular flexibility index (Phi) is 6.01. The third-order valence-corrected chi connectivity index (χ3v) is 4.82. The molecule has 1 aliphatic rings. The van der Waals surface area contributed by atoms with Gasteiger partial charge < -0.3 is 9.64 Å². The van der Waals surface area contributed by atoms with Crippen molar-refractivity contribution in [3.05, 3.63) is 77.1 Å². The van der Waals surface area contributed by atoms with Crippen molar-refractivity contribution in [3.8, 4) is 0 Å². The number of hydrogen-bond acceptors (Lipinski definition) is 3. The van der Waals surface area contributed by atoms with Crippen molar-refractivity contribution in [2.24, 2.45) is 0 Å². The lowest BCUT2D eigenvalue weighted by molar-refractivity contribution is -0.148. The number of benzene rings is 2. The van der Waals surface area contributed by atoms with Crippen molar-refractivity contribution >= 4 is 18.0 Å². The van der Waals surface area contributed by atoms with E-state index in [2.05, 4.69) is 12.1 Å². The van der Waals surface area contributed by atoms with Crippen LogP contribution in [-0.4, -0.2) is 30.4 Å². The van der Waals surface area contributed by atoms with E-state index in [0.29, 0.717) is 5.56 Å². The predicted octanol–water partition coefficient (Wildman–Crippen LogP) is 3.92. The number of carbonyl (C=O) groups is 2. The number of hydrogen-bond donors (Lipinski definition) is 0. The quantitative estimate of drug-likeness (QED) is 0.594. The largest absolute Gasteiger partial charge is 0.452 e. The SMILES string of the molecule is CN(C(=O)COC(=O)/C=C/c1ccc(F)cc1)C1CCCc2ccccc21. The van der Waals surface area contributed by atoms with Crippen LogP contribution >= 0.6 is 0 Å². The minimum absolute atomic E-state index is 0.0101. The lowest BCUT2D eigenvalue weighted by Gasteiger charge is -2.33. The highest BCUT2D eigenvalue weighted by molar-refractivity contribution is 5.89. The molecule has 0 aliphatic heterocycles. The minimum Gasteiger partial charge on any atom is -0.452 e. The standard InChI is InChI=1S/C22H22FNO3/c1-24(20-8-4-6-17-5-2-3-7-19(17)20)21(25)15-27-22(26)14-11-16-9-12-18(23)13-10-16/h2-3,5,7,9-14,20H,4,6,8,15H2,1H3/b14-11+. The van der Waals surface area contributed by atoms with Gasteiger partial charge in [-0.2, -0.15) is 0 Å². The van der Waals surface area contributed by atoms with Crippen LogP contribution in [0.3, 0.4) is 0 Å². The van der Waals surface area contributed by atoms with Gasteiger partial charge in [0.1, 0.15) is 5.82 Å². The number of rotatable bonds is 5. The first-order valence-electron chi connectivity index (χ1n) is 8.98. The Labute approximate surface area is 158 Å². The molecule has 0 heterocycles. The lowest BCUT2D eigenvalue weighted by atomic mass is 9.87. The molecule has 1 atom stereocenters. The second-order valence-electron chi connectivity index (χ2n) is 6.60. The van der Waals surface area contributed by atoms with Gasteiger partial charge in [0, 0.05) is 13.1 Å². The highest BCUT2D eigenvalue weighted by Gasteiger charge is 2.26. The number of nitrogens with zero attached hydrogens (tertiary/aromatic N) is 1. The normalized spacial score (nSPS) is 16.0. The molecule has 0 saturated heterocycles. The van der Waals surface area contributed by atoms with Gasteiger partial charge >= 0.3 is 5.97 Å². The molecule has 1 aliphatic carbocycles. The first-order chi connectivity index (χ1) is 13.0. The molecule has 140 valence electrons. The summed E-state index contributed by atoms with van der Waals surface area (Å²) in [6.07, 6.45) is 5.71. The number of carbonyl (C=O) groups excluding carboxylic acids is 2. The fourth-order valence-electron chi connectivity index (χ4n) is 3.33. The van der Waals surface area contributed by atoms with Crippen molar-refractivity contribution in [3.63, 3.8) is 0 Å². The summed E-state index contributed by atoms with van der Waals surface area (Å²) in [5, 5.41) is 0. The van der Waals surface area contributed by atoms with Gasteiger partial charge in [-0.05, 0) is 54.2 Å². The number of aryl methyl sites for hydroxylation is 1. The third-order valence-electron chi connectivity index (χ3n) is 4.82. The van der Waals surface area contributed by atoms with Gasteiger partial charge in [-0.1, -0.05) is 36.4 Å². The average Bonchev–Trinajstić information content (AvgIpc) is 2.70. The summed E-state index contributed by atoms with van der Waals surface area (Å²) in [7, 11) is 1.75. The first-order valence-corrected chi connectivity index (χ1v) is 8.98. The van der Waals surface area contributed by atoms with E-state index < -0.39 is 5.97 Å². The minimum atomic E-state index is -0.606. The van der Waals surface area contributed by atoms with Gasteiger partial charge in [-0.3, -0.25) is 4.79 Å². The Morgan fingerprint density at radius 3 is 2.70 bits per heavy atom. The van der Waals surface area contributed by atoms with Gasteiger partial charge in [0.15, 0.2) is 6.61 Å². The molecule has 3 rings (SSSR count). The first kappa shape index (κ1) is 18.8. The average molecular weight is 367 g/mol. The van der Waals surface area contributed by atoms with Gasteiger partial charge in [0.2, 0.25) is 0 Å². The fraction of sp³-hybridized carbons (Fsp3) is 0.273. The van der Waals surface area contributed by atoms with Crippen molar-refractivity contribution in [2.75, 3.05) is 13.7 Å². The molecular formula is C22H22FNO3. The molecule has 0 N–H and O–H groups in total. The van der Waals surface area contributed by atoms with Crippen molar-refractivity contribution < 1.29 is 18.7 Å². The molecule has 0 spiro atoms. The molecule has 1 amide bonds. The Bertz CT molecular complexity index is 845. The summed E-state index contributed by atoms with van der Waals surface area (Å²) >= 11 is 0. The highest BCUT2D eigenvalue weighted by Crippen LogP contribution is 2.33. The molecule has 0 radical (unpaired) electrons. The Balaban J connectivity index is 1.54. The number of esters is 1. The van der Waals surface area contributed by atoms with E-state index in [1.54, 1.807) is 24.1 Å². The molecule has 0 aromatic heterocycles. The van der Waals surface area contributed by atoms with Crippen LogP contribution < -0.4 is 0 Å². The lowest BCUT2D eigenvalue weighted by Crippen LogP contribution is -2.36. The maximum Gasteiger partial charge on any atom is 0.331 e. The number of halogens is 1. The summed E-state index contributed by atoms with van der Waals surface area (Å²) in [6.45, 7) is -0.304. The van der Waals surface area contributed by atoms with Crippen LogP contribution in [0.1, 0.15) is 35.6 Å². The van der Waals surface area contributed by atoms with Crippen LogP contribution in [0.5, 0.6) is 0 Å². The monoisotopic (exact) mass is 367 g/mol. The summed E-state index contributed by atoms with van der Waals surface area (Å²) in [4.78, 5) is 25.9. The van der Waals surface area contributed by atoms with E-state index in [9.17, 15) is 14.0 Å². The summed E-state index contributed by atoms with van der Waals surface area (Å²) in [6, 6.07) is 13.9. The molecule has 0 bridgehead atoms. The second-order valence-corrected chi connectivity index (χ2v) is 6.60. The van der Waals surface area contributed by atoms with Gasteiger partial charge in [0.05, 0.1) is 6.04 Å². The highest BCUT2D eigenvalue weighted by atomic mass is 19.1. The molecule has 4 nitrogen and oxygen atoms in total. The zero-order valence-electron chi connectivity index (χ0n) is 15.2. The van der Waals surface area contributed by atoms with Crippen LogP contribution in [0, 0.1) is 5.82 Å².